The highest BCUT2D eigenvalue weighted by Crippen LogP contribution is 2.14. The van der Waals surface area contributed by atoms with Gasteiger partial charge in [0.15, 0.2) is 0 Å². The van der Waals surface area contributed by atoms with Gasteiger partial charge in [-0.05, 0) is 18.6 Å². The van der Waals surface area contributed by atoms with E-state index in [1.807, 2.05) is 0 Å². The summed E-state index contributed by atoms with van der Waals surface area (Å²) in [6.45, 7) is 0.283. The van der Waals surface area contributed by atoms with Crippen LogP contribution in [0.5, 0.6) is 0 Å². The van der Waals surface area contributed by atoms with Gasteiger partial charge in [-0.15, -0.1) is 0 Å². The van der Waals surface area contributed by atoms with Crippen molar-refractivity contribution < 1.29 is 14.6 Å². The Balaban J connectivity index is 2.73. The van der Waals surface area contributed by atoms with Crippen molar-refractivity contribution in [3.8, 4) is 0 Å². The number of amides is 1. The number of ether oxygens (including phenoxy) is 1. The Labute approximate surface area is 115 Å². The van der Waals surface area contributed by atoms with Gasteiger partial charge in [0.1, 0.15) is 10.3 Å². The summed E-state index contributed by atoms with van der Waals surface area (Å²) in [6.07, 6.45) is 0.409. The van der Waals surface area contributed by atoms with Crippen LogP contribution in [0.3, 0.4) is 0 Å². The molecule has 0 fully saturated rings. The summed E-state index contributed by atoms with van der Waals surface area (Å²) in [6, 6.07) is 2.58. The molecule has 0 bridgehead atoms. The summed E-state index contributed by atoms with van der Waals surface area (Å²) in [5.74, 6) is -0.336. The number of aromatic nitrogens is 1. The van der Waals surface area contributed by atoms with Gasteiger partial charge < -0.3 is 15.2 Å². The Kier molecular flexibility index (Phi) is 6.35. The fourth-order valence-corrected chi connectivity index (χ4v) is 1.88. The number of pyridine rings is 1. The lowest BCUT2D eigenvalue weighted by Gasteiger charge is -2.16. The highest BCUT2D eigenvalue weighted by atomic mass is 35.5. The van der Waals surface area contributed by atoms with E-state index in [-0.39, 0.29) is 28.9 Å². The Bertz CT molecular complexity index is 389. The summed E-state index contributed by atoms with van der Waals surface area (Å²) >= 11 is 11.4. The molecule has 0 aromatic carbocycles. The third-order valence-corrected chi connectivity index (χ3v) is 2.59. The molecule has 5 nitrogen and oxygen atoms in total. The minimum atomic E-state index is -0.336. The molecule has 1 rings (SSSR count). The van der Waals surface area contributed by atoms with Crippen molar-refractivity contribution in [2.24, 2.45) is 0 Å². The van der Waals surface area contributed by atoms with Crippen LogP contribution in [-0.4, -0.2) is 42.4 Å². The zero-order chi connectivity index (χ0) is 13.5. The molecule has 0 aliphatic rings. The van der Waals surface area contributed by atoms with Crippen LogP contribution < -0.4 is 5.32 Å². The lowest BCUT2D eigenvalue weighted by Crippen LogP contribution is -2.38. The van der Waals surface area contributed by atoms with Gasteiger partial charge in [0.05, 0.1) is 12.6 Å². The molecule has 0 aliphatic heterocycles. The fraction of sp³-hybridized carbons (Fsp3) is 0.455. The maximum absolute atomic E-state index is 11.9. The van der Waals surface area contributed by atoms with Crippen molar-refractivity contribution in [2.45, 2.75) is 12.5 Å². The lowest BCUT2D eigenvalue weighted by molar-refractivity contribution is 0.0878. The van der Waals surface area contributed by atoms with Crippen LogP contribution in [0.2, 0.25) is 10.3 Å². The van der Waals surface area contributed by atoms with E-state index in [2.05, 4.69) is 10.3 Å². The fourth-order valence-electron chi connectivity index (χ4n) is 1.42. The second kappa shape index (κ2) is 7.53. The standard InChI is InChI=1S/C11H14Cl2N2O3/c1-18-6-8(2-3-16)14-11(17)7-4-9(12)15-10(13)5-7/h4-5,8,16H,2-3,6H2,1H3,(H,14,17). The summed E-state index contributed by atoms with van der Waals surface area (Å²) in [5, 5.41) is 11.9. The van der Waals surface area contributed by atoms with Crippen LogP contribution in [0.25, 0.3) is 0 Å². The van der Waals surface area contributed by atoms with Crippen molar-refractivity contribution in [2.75, 3.05) is 20.3 Å². The number of carbonyl (C=O) groups excluding carboxylic acids is 1. The maximum Gasteiger partial charge on any atom is 0.251 e. The molecule has 0 saturated carbocycles. The Morgan fingerprint density at radius 3 is 2.61 bits per heavy atom. The molecule has 1 aromatic heterocycles. The minimum absolute atomic E-state index is 0.0356. The van der Waals surface area contributed by atoms with Gasteiger partial charge in [-0.3, -0.25) is 4.79 Å². The summed E-state index contributed by atoms with van der Waals surface area (Å²) in [4.78, 5) is 15.7. The van der Waals surface area contributed by atoms with Gasteiger partial charge in [0, 0.05) is 19.3 Å². The van der Waals surface area contributed by atoms with Crippen LogP contribution in [0.15, 0.2) is 12.1 Å². The van der Waals surface area contributed by atoms with Crippen molar-refractivity contribution in [1.82, 2.24) is 10.3 Å². The normalized spacial score (nSPS) is 12.2. The van der Waals surface area contributed by atoms with E-state index < -0.39 is 0 Å². The zero-order valence-corrected chi connectivity index (χ0v) is 11.3. The molecule has 0 spiro atoms. The van der Waals surface area contributed by atoms with Crippen molar-refractivity contribution in [3.05, 3.63) is 28.0 Å². The predicted molar refractivity (Wildman–Crippen MR) is 69.1 cm³/mol. The highest BCUT2D eigenvalue weighted by Gasteiger charge is 2.14. The molecule has 1 amide bonds. The first kappa shape index (κ1) is 15.2. The number of methoxy groups -OCH3 is 1. The van der Waals surface area contributed by atoms with Gasteiger partial charge in [-0.1, -0.05) is 23.2 Å². The molecule has 0 saturated heterocycles. The Morgan fingerprint density at radius 1 is 1.50 bits per heavy atom. The molecule has 1 aromatic rings. The van der Waals surface area contributed by atoms with Crippen molar-refractivity contribution in [1.29, 1.82) is 0 Å². The van der Waals surface area contributed by atoms with Gasteiger partial charge >= 0.3 is 0 Å². The average molecular weight is 293 g/mol. The molecular weight excluding hydrogens is 279 g/mol. The SMILES string of the molecule is COCC(CCO)NC(=O)c1cc(Cl)nc(Cl)c1. The number of carbonyl (C=O) groups is 1. The molecular formula is C11H14Cl2N2O3. The summed E-state index contributed by atoms with van der Waals surface area (Å²) in [5.41, 5.74) is 0.319. The molecule has 100 valence electrons. The number of rotatable bonds is 6. The van der Waals surface area contributed by atoms with Gasteiger partial charge in [-0.2, -0.15) is 0 Å². The van der Waals surface area contributed by atoms with Crippen LogP contribution >= 0.6 is 23.2 Å². The Morgan fingerprint density at radius 2 is 2.11 bits per heavy atom. The molecule has 0 aliphatic carbocycles. The van der Waals surface area contributed by atoms with E-state index in [0.29, 0.717) is 18.6 Å². The van der Waals surface area contributed by atoms with Crippen LogP contribution in [-0.2, 0) is 4.74 Å². The third kappa shape index (κ3) is 4.78. The maximum atomic E-state index is 11.9. The third-order valence-electron chi connectivity index (χ3n) is 2.21. The van der Waals surface area contributed by atoms with Gasteiger partial charge in [-0.25, -0.2) is 4.98 Å². The topological polar surface area (TPSA) is 71.5 Å². The molecule has 2 N–H and O–H groups in total. The van der Waals surface area contributed by atoms with E-state index in [4.69, 9.17) is 33.0 Å². The largest absolute Gasteiger partial charge is 0.396 e. The first-order valence-electron chi connectivity index (χ1n) is 5.30. The minimum Gasteiger partial charge on any atom is -0.396 e. The van der Waals surface area contributed by atoms with E-state index in [1.165, 1.54) is 19.2 Å². The number of nitrogens with zero attached hydrogens (tertiary/aromatic N) is 1. The average Bonchev–Trinajstić information content (AvgIpc) is 2.28. The molecule has 1 atom stereocenters. The first-order valence-corrected chi connectivity index (χ1v) is 6.06. The van der Waals surface area contributed by atoms with E-state index in [0.717, 1.165) is 0 Å². The zero-order valence-electron chi connectivity index (χ0n) is 9.82. The molecule has 7 heteroatoms. The summed E-state index contributed by atoms with van der Waals surface area (Å²) < 4.78 is 4.95. The Hall–Kier alpha value is -0.880. The highest BCUT2D eigenvalue weighted by molar-refractivity contribution is 6.33. The molecule has 0 radical (unpaired) electrons. The summed E-state index contributed by atoms with van der Waals surface area (Å²) in [7, 11) is 1.52. The number of hydrogen-bond acceptors (Lipinski definition) is 4. The van der Waals surface area contributed by atoms with Crippen LogP contribution in [0.1, 0.15) is 16.8 Å². The van der Waals surface area contributed by atoms with Gasteiger partial charge in [0.2, 0.25) is 0 Å². The number of aliphatic hydroxyl groups is 1. The van der Waals surface area contributed by atoms with Crippen molar-refractivity contribution in [3.63, 3.8) is 0 Å². The number of nitrogens with one attached hydrogen (secondary N) is 1. The van der Waals surface area contributed by atoms with Crippen LogP contribution in [0.4, 0.5) is 0 Å². The van der Waals surface area contributed by atoms with Crippen molar-refractivity contribution >= 4 is 29.1 Å². The van der Waals surface area contributed by atoms with Gasteiger partial charge in [0.25, 0.3) is 5.91 Å². The molecule has 1 unspecified atom stereocenters. The quantitative estimate of drug-likeness (QED) is 0.780. The van der Waals surface area contributed by atoms with Crippen LogP contribution in [0, 0.1) is 0 Å². The number of halogens is 2. The number of hydrogen-bond donors (Lipinski definition) is 2. The predicted octanol–water partition coefficient (Wildman–Crippen LogP) is 1.52. The van der Waals surface area contributed by atoms with E-state index in [1.54, 1.807) is 0 Å². The van der Waals surface area contributed by atoms with E-state index >= 15 is 0 Å². The molecule has 1 heterocycles. The lowest BCUT2D eigenvalue weighted by atomic mass is 10.2. The first-order chi connectivity index (χ1) is 8.56. The monoisotopic (exact) mass is 292 g/mol. The van der Waals surface area contributed by atoms with E-state index in [9.17, 15) is 4.79 Å². The second-order valence-corrected chi connectivity index (χ2v) is 4.41. The molecule has 18 heavy (non-hydrogen) atoms. The smallest absolute Gasteiger partial charge is 0.251 e. The second-order valence-electron chi connectivity index (χ2n) is 3.64. The number of aliphatic hydroxyl groups excluding tert-OH is 1.